The number of hydrogen-bond acceptors (Lipinski definition) is 5. The molecule has 3 heterocycles. The van der Waals surface area contributed by atoms with Crippen molar-refractivity contribution < 1.29 is 9.53 Å². The van der Waals surface area contributed by atoms with E-state index in [1.807, 2.05) is 11.2 Å². The van der Waals surface area contributed by atoms with E-state index in [-0.39, 0.29) is 11.8 Å². The normalized spacial score (nSPS) is 20.0. The van der Waals surface area contributed by atoms with Gasteiger partial charge in [-0.3, -0.25) is 4.79 Å². The lowest BCUT2D eigenvalue weighted by Crippen LogP contribution is -2.40. The first kappa shape index (κ1) is 15.3. The van der Waals surface area contributed by atoms with Crippen molar-refractivity contribution in [3.63, 3.8) is 0 Å². The number of hydrogen-bond donors (Lipinski definition) is 0. The van der Waals surface area contributed by atoms with Crippen LogP contribution in [0.2, 0.25) is 0 Å². The molecule has 1 unspecified atom stereocenters. The Morgan fingerprint density at radius 1 is 1.38 bits per heavy atom. The summed E-state index contributed by atoms with van der Waals surface area (Å²) in [6.45, 7) is 2.76. The summed E-state index contributed by atoms with van der Waals surface area (Å²) in [5.41, 5.74) is 2.63. The van der Waals surface area contributed by atoms with Gasteiger partial charge in [0, 0.05) is 38.0 Å². The Hall–Kier alpha value is -2.28. The standard InChI is InChI=1S/C17H21N5O2/c1-24-9-13-7-21(17(23)14-4-5-18-10-19-14)8-15-16(13)22(11-20-15)6-12-2-3-12/h4-5,10-13H,2-3,6-9H2,1H3. The van der Waals surface area contributed by atoms with Crippen molar-refractivity contribution in [1.29, 1.82) is 0 Å². The van der Waals surface area contributed by atoms with Gasteiger partial charge >= 0.3 is 0 Å². The molecule has 1 aliphatic heterocycles. The number of aromatic nitrogens is 4. The van der Waals surface area contributed by atoms with E-state index in [2.05, 4.69) is 19.5 Å². The van der Waals surface area contributed by atoms with Gasteiger partial charge in [-0.05, 0) is 24.8 Å². The van der Waals surface area contributed by atoms with Crippen LogP contribution in [0.4, 0.5) is 0 Å². The lowest BCUT2D eigenvalue weighted by molar-refractivity contribution is 0.0666. The Morgan fingerprint density at radius 2 is 2.25 bits per heavy atom. The second-order valence-electron chi connectivity index (χ2n) is 6.60. The van der Waals surface area contributed by atoms with Gasteiger partial charge in [0.25, 0.3) is 5.91 Å². The summed E-state index contributed by atoms with van der Waals surface area (Å²) in [5, 5.41) is 0. The Morgan fingerprint density at radius 3 is 2.96 bits per heavy atom. The molecule has 7 nitrogen and oxygen atoms in total. The fraction of sp³-hybridized carbons (Fsp3) is 0.529. The van der Waals surface area contributed by atoms with E-state index in [1.54, 1.807) is 19.4 Å². The maximum atomic E-state index is 12.7. The molecule has 1 amide bonds. The summed E-state index contributed by atoms with van der Waals surface area (Å²) >= 11 is 0. The molecule has 1 atom stereocenters. The Kier molecular flexibility index (Phi) is 4.02. The monoisotopic (exact) mass is 327 g/mol. The molecular weight excluding hydrogens is 306 g/mol. The molecule has 126 valence electrons. The molecule has 0 spiro atoms. The van der Waals surface area contributed by atoms with Crippen LogP contribution >= 0.6 is 0 Å². The number of methoxy groups -OCH3 is 1. The van der Waals surface area contributed by atoms with Crippen molar-refractivity contribution in [1.82, 2.24) is 24.4 Å². The summed E-state index contributed by atoms with van der Waals surface area (Å²) < 4.78 is 7.68. The van der Waals surface area contributed by atoms with E-state index in [4.69, 9.17) is 4.74 Å². The van der Waals surface area contributed by atoms with Crippen LogP contribution in [-0.4, -0.2) is 50.6 Å². The number of nitrogens with zero attached hydrogens (tertiary/aromatic N) is 5. The van der Waals surface area contributed by atoms with Gasteiger partial charge in [0.05, 0.1) is 25.2 Å². The van der Waals surface area contributed by atoms with E-state index < -0.39 is 0 Å². The van der Waals surface area contributed by atoms with Crippen molar-refractivity contribution in [2.75, 3.05) is 20.3 Å². The summed E-state index contributed by atoms with van der Waals surface area (Å²) in [4.78, 5) is 27.0. The third-order valence-electron chi connectivity index (χ3n) is 4.73. The second kappa shape index (κ2) is 6.32. The van der Waals surface area contributed by atoms with E-state index in [9.17, 15) is 4.79 Å². The number of rotatable bonds is 5. The number of amides is 1. The Bertz CT molecular complexity index is 726. The summed E-state index contributed by atoms with van der Waals surface area (Å²) in [5.74, 6) is 0.846. The van der Waals surface area contributed by atoms with E-state index in [0.29, 0.717) is 25.4 Å². The second-order valence-corrected chi connectivity index (χ2v) is 6.60. The highest BCUT2D eigenvalue weighted by Gasteiger charge is 2.34. The first-order chi connectivity index (χ1) is 11.8. The molecule has 1 fully saturated rings. The van der Waals surface area contributed by atoms with Gasteiger partial charge in [-0.15, -0.1) is 0 Å². The number of carbonyl (C=O) groups excluding carboxylic acids is 1. The smallest absolute Gasteiger partial charge is 0.272 e. The van der Waals surface area contributed by atoms with Crippen LogP contribution in [0.1, 0.15) is 40.6 Å². The quantitative estimate of drug-likeness (QED) is 0.831. The van der Waals surface area contributed by atoms with Gasteiger partial charge < -0.3 is 14.2 Å². The van der Waals surface area contributed by atoms with Gasteiger partial charge in [0.1, 0.15) is 12.0 Å². The molecule has 0 N–H and O–H groups in total. The minimum Gasteiger partial charge on any atom is -0.384 e. The molecule has 4 rings (SSSR count). The minimum absolute atomic E-state index is 0.0825. The molecule has 24 heavy (non-hydrogen) atoms. The Balaban J connectivity index is 1.60. The largest absolute Gasteiger partial charge is 0.384 e. The molecule has 2 aromatic rings. The zero-order chi connectivity index (χ0) is 16.5. The number of imidazole rings is 1. The Labute approximate surface area is 140 Å². The maximum Gasteiger partial charge on any atom is 0.272 e. The average Bonchev–Trinajstić information content (AvgIpc) is 3.34. The fourth-order valence-electron chi connectivity index (χ4n) is 3.41. The summed E-state index contributed by atoms with van der Waals surface area (Å²) in [6, 6.07) is 1.65. The van der Waals surface area contributed by atoms with Crippen molar-refractivity contribution in [2.45, 2.75) is 31.8 Å². The van der Waals surface area contributed by atoms with Crippen molar-refractivity contribution in [2.24, 2.45) is 5.92 Å². The molecule has 2 aliphatic rings. The van der Waals surface area contributed by atoms with E-state index >= 15 is 0 Å². The first-order valence-corrected chi connectivity index (χ1v) is 8.34. The zero-order valence-corrected chi connectivity index (χ0v) is 13.8. The summed E-state index contributed by atoms with van der Waals surface area (Å²) in [7, 11) is 1.70. The lowest BCUT2D eigenvalue weighted by atomic mass is 9.98. The molecule has 0 bridgehead atoms. The lowest BCUT2D eigenvalue weighted by Gasteiger charge is -2.32. The van der Waals surface area contributed by atoms with E-state index in [0.717, 1.165) is 18.2 Å². The topological polar surface area (TPSA) is 73.1 Å². The number of fused-ring (bicyclic) bond motifs is 1. The molecule has 1 saturated carbocycles. The minimum atomic E-state index is -0.0825. The fourth-order valence-corrected chi connectivity index (χ4v) is 3.41. The molecule has 2 aromatic heterocycles. The zero-order valence-electron chi connectivity index (χ0n) is 13.8. The van der Waals surface area contributed by atoms with E-state index in [1.165, 1.54) is 24.9 Å². The van der Waals surface area contributed by atoms with Gasteiger partial charge in [-0.25, -0.2) is 15.0 Å². The summed E-state index contributed by atoms with van der Waals surface area (Å²) in [6.07, 6.45) is 7.52. The van der Waals surface area contributed by atoms with Crippen LogP contribution in [-0.2, 0) is 17.8 Å². The van der Waals surface area contributed by atoms with Gasteiger partial charge in [-0.1, -0.05) is 0 Å². The van der Waals surface area contributed by atoms with Crippen molar-refractivity contribution in [3.8, 4) is 0 Å². The van der Waals surface area contributed by atoms with Gasteiger partial charge in [0.2, 0.25) is 0 Å². The van der Waals surface area contributed by atoms with Crippen molar-refractivity contribution in [3.05, 3.63) is 42.0 Å². The first-order valence-electron chi connectivity index (χ1n) is 8.34. The number of ether oxygens (including phenoxy) is 1. The van der Waals surface area contributed by atoms with Crippen LogP contribution in [0, 0.1) is 5.92 Å². The van der Waals surface area contributed by atoms with Crippen LogP contribution in [0.5, 0.6) is 0 Å². The predicted octanol–water partition coefficient (Wildman–Crippen LogP) is 1.47. The highest BCUT2D eigenvalue weighted by atomic mass is 16.5. The highest BCUT2D eigenvalue weighted by molar-refractivity contribution is 5.92. The molecule has 7 heteroatoms. The molecule has 0 aromatic carbocycles. The van der Waals surface area contributed by atoms with Crippen molar-refractivity contribution >= 4 is 5.91 Å². The average molecular weight is 327 g/mol. The highest BCUT2D eigenvalue weighted by Crippen LogP contribution is 2.34. The molecule has 1 aliphatic carbocycles. The van der Waals surface area contributed by atoms with Gasteiger partial charge in [0.15, 0.2) is 0 Å². The SMILES string of the molecule is COCC1CN(C(=O)c2ccncn2)Cc2ncn(CC3CC3)c21. The van der Waals surface area contributed by atoms with Gasteiger partial charge in [-0.2, -0.15) is 0 Å². The third-order valence-corrected chi connectivity index (χ3v) is 4.73. The maximum absolute atomic E-state index is 12.7. The third kappa shape index (κ3) is 2.91. The van der Waals surface area contributed by atoms with Crippen LogP contribution < -0.4 is 0 Å². The molecular formula is C17H21N5O2. The van der Waals surface area contributed by atoms with Crippen LogP contribution in [0.15, 0.2) is 24.9 Å². The predicted molar refractivity (Wildman–Crippen MR) is 86.3 cm³/mol. The van der Waals surface area contributed by atoms with Crippen LogP contribution in [0.3, 0.4) is 0 Å². The number of carbonyl (C=O) groups is 1. The molecule has 0 saturated heterocycles. The molecule has 0 radical (unpaired) electrons. The van der Waals surface area contributed by atoms with Crippen LogP contribution in [0.25, 0.3) is 0 Å².